The van der Waals surface area contributed by atoms with Gasteiger partial charge in [-0.1, -0.05) is 6.07 Å². The number of aromatic nitrogens is 2. The Balaban J connectivity index is 2.14. The summed E-state index contributed by atoms with van der Waals surface area (Å²) in [4.78, 5) is 30.9. The monoisotopic (exact) mass is 358 g/mol. The number of nitrogens with two attached hydrogens (primary N) is 1. The predicted octanol–water partition coefficient (Wildman–Crippen LogP) is 1.83. The van der Waals surface area contributed by atoms with Gasteiger partial charge in [-0.15, -0.1) is 0 Å². The van der Waals surface area contributed by atoms with Gasteiger partial charge in [0.05, 0.1) is 7.11 Å². The third kappa shape index (κ3) is 5.17. The molecule has 0 radical (unpaired) electrons. The van der Waals surface area contributed by atoms with Gasteiger partial charge in [0, 0.05) is 18.7 Å². The molecule has 0 atom stereocenters. The van der Waals surface area contributed by atoms with Crippen LogP contribution in [0.5, 0.6) is 17.4 Å². The Hall–Kier alpha value is -3.16. The summed E-state index contributed by atoms with van der Waals surface area (Å²) in [6.07, 6.45) is 3.49. The largest absolute Gasteiger partial charge is 0.493 e. The highest BCUT2D eigenvalue weighted by molar-refractivity contribution is 5.94. The molecule has 1 aromatic carbocycles. The summed E-state index contributed by atoms with van der Waals surface area (Å²) in [7, 11) is 1.51. The summed E-state index contributed by atoms with van der Waals surface area (Å²) in [5, 5.41) is 2.85. The standard InChI is InChI=1S/C18H22N4O4/c1-11(2)22-16(23)7-5-12-4-6-14(15(8-12)25-3)26-18-13(17(19)24)9-20-10-21-18/h4,6,8-11H,5,7H2,1-3H3,(H2,19,24)(H,22,23). The van der Waals surface area contributed by atoms with Crippen molar-refractivity contribution < 1.29 is 19.1 Å². The number of nitrogens with zero attached hydrogens (tertiary/aromatic N) is 2. The number of rotatable bonds is 8. The summed E-state index contributed by atoms with van der Waals surface area (Å²) in [5.41, 5.74) is 6.29. The second-order valence-corrected chi connectivity index (χ2v) is 5.92. The van der Waals surface area contributed by atoms with E-state index in [1.165, 1.54) is 19.6 Å². The van der Waals surface area contributed by atoms with E-state index in [4.69, 9.17) is 15.2 Å². The van der Waals surface area contributed by atoms with Crippen molar-refractivity contribution in [2.24, 2.45) is 5.73 Å². The fourth-order valence-corrected chi connectivity index (χ4v) is 2.28. The van der Waals surface area contributed by atoms with E-state index in [-0.39, 0.29) is 23.4 Å². The van der Waals surface area contributed by atoms with Gasteiger partial charge >= 0.3 is 0 Å². The van der Waals surface area contributed by atoms with Crippen LogP contribution in [0.4, 0.5) is 0 Å². The third-order valence-electron chi connectivity index (χ3n) is 3.47. The van der Waals surface area contributed by atoms with E-state index in [2.05, 4.69) is 15.3 Å². The molecule has 0 saturated heterocycles. The van der Waals surface area contributed by atoms with E-state index < -0.39 is 5.91 Å². The lowest BCUT2D eigenvalue weighted by Crippen LogP contribution is -2.30. The van der Waals surface area contributed by atoms with Crippen molar-refractivity contribution in [3.05, 3.63) is 41.9 Å². The van der Waals surface area contributed by atoms with Crippen molar-refractivity contribution >= 4 is 11.8 Å². The van der Waals surface area contributed by atoms with Gasteiger partial charge in [0.25, 0.3) is 5.91 Å². The molecule has 2 rings (SSSR count). The number of amides is 2. The number of carbonyl (C=O) groups excluding carboxylic acids is 2. The van der Waals surface area contributed by atoms with E-state index in [1.807, 2.05) is 19.9 Å². The molecule has 0 saturated carbocycles. The molecular formula is C18H22N4O4. The maximum Gasteiger partial charge on any atom is 0.255 e. The van der Waals surface area contributed by atoms with Gasteiger partial charge < -0.3 is 20.5 Å². The van der Waals surface area contributed by atoms with E-state index in [0.717, 1.165) is 5.56 Å². The zero-order valence-corrected chi connectivity index (χ0v) is 15.0. The maximum atomic E-state index is 11.8. The minimum Gasteiger partial charge on any atom is -0.493 e. The highest BCUT2D eigenvalue weighted by Crippen LogP contribution is 2.32. The minimum absolute atomic E-state index is 0.00798. The zero-order valence-electron chi connectivity index (χ0n) is 15.0. The van der Waals surface area contributed by atoms with Crippen LogP contribution in [0.1, 0.15) is 36.2 Å². The first-order valence-corrected chi connectivity index (χ1v) is 8.14. The summed E-state index contributed by atoms with van der Waals surface area (Å²) < 4.78 is 11.0. The van der Waals surface area contributed by atoms with Gasteiger partial charge in [0.15, 0.2) is 11.5 Å². The quantitative estimate of drug-likeness (QED) is 0.744. The highest BCUT2D eigenvalue weighted by atomic mass is 16.5. The number of methoxy groups -OCH3 is 1. The molecule has 0 aliphatic heterocycles. The number of ether oxygens (including phenoxy) is 2. The van der Waals surface area contributed by atoms with Gasteiger partial charge in [-0.2, -0.15) is 0 Å². The first-order chi connectivity index (χ1) is 12.4. The molecule has 0 spiro atoms. The summed E-state index contributed by atoms with van der Waals surface area (Å²) in [5.74, 6) is 0.193. The Bertz CT molecular complexity index is 793. The lowest BCUT2D eigenvalue weighted by atomic mass is 10.1. The zero-order chi connectivity index (χ0) is 19.1. The molecule has 0 aliphatic carbocycles. The Kier molecular flexibility index (Phi) is 6.48. The third-order valence-corrected chi connectivity index (χ3v) is 3.47. The maximum absolute atomic E-state index is 11.8. The van der Waals surface area contributed by atoms with Crippen LogP contribution in [0.25, 0.3) is 0 Å². The van der Waals surface area contributed by atoms with Crippen LogP contribution < -0.4 is 20.5 Å². The molecule has 3 N–H and O–H groups in total. The number of hydrogen-bond donors (Lipinski definition) is 2. The Labute approximate surface area is 151 Å². The Morgan fingerprint density at radius 3 is 2.69 bits per heavy atom. The average Bonchev–Trinajstić information content (AvgIpc) is 2.60. The number of hydrogen-bond acceptors (Lipinski definition) is 6. The molecule has 8 nitrogen and oxygen atoms in total. The Morgan fingerprint density at radius 1 is 1.27 bits per heavy atom. The van der Waals surface area contributed by atoms with Crippen molar-refractivity contribution in [2.45, 2.75) is 32.7 Å². The number of aryl methyl sites for hydroxylation is 1. The van der Waals surface area contributed by atoms with Gasteiger partial charge in [0.1, 0.15) is 11.9 Å². The van der Waals surface area contributed by atoms with E-state index in [1.54, 1.807) is 12.1 Å². The van der Waals surface area contributed by atoms with E-state index in [0.29, 0.717) is 24.3 Å². The van der Waals surface area contributed by atoms with Crippen LogP contribution in [0, 0.1) is 0 Å². The fourth-order valence-electron chi connectivity index (χ4n) is 2.28. The van der Waals surface area contributed by atoms with Crippen molar-refractivity contribution in [3.63, 3.8) is 0 Å². The predicted molar refractivity (Wildman–Crippen MR) is 95.2 cm³/mol. The molecule has 26 heavy (non-hydrogen) atoms. The molecule has 0 unspecified atom stereocenters. The summed E-state index contributed by atoms with van der Waals surface area (Å²) in [6.45, 7) is 3.83. The first-order valence-electron chi connectivity index (χ1n) is 8.14. The van der Waals surface area contributed by atoms with Crippen LogP contribution in [0.3, 0.4) is 0 Å². The smallest absolute Gasteiger partial charge is 0.255 e. The molecule has 2 amide bonds. The number of carbonyl (C=O) groups is 2. The molecule has 138 valence electrons. The van der Waals surface area contributed by atoms with Crippen molar-refractivity contribution in [2.75, 3.05) is 7.11 Å². The summed E-state index contributed by atoms with van der Waals surface area (Å²) >= 11 is 0. The normalized spacial score (nSPS) is 10.5. The fraction of sp³-hybridized carbons (Fsp3) is 0.333. The lowest BCUT2D eigenvalue weighted by molar-refractivity contribution is -0.121. The second-order valence-electron chi connectivity index (χ2n) is 5.92. The average molecular weight is 358 g/mol. The second kappa shape index (κ2) is 8.80. The van der Waals surface area contributed by atoms with Crippen LogP contribution >= 0.6 is 0 Å². The van der Waals surface area contributed by atoms with Gasteiger partial charge in [-0.05, 0) is 38.0 Å². The molecule has 8 heteroatoms. The molecule has 2 aromatic rings. The SMILES string of the molecule is COc1cc(CCC(=O)NC(C)C)ccc1Oc1ncncc1C(N)=O. The number of benzene rings is 1. The number of nitrogens with one attached hydrogen (secondary N) is 1. The molecule has 1 aromatic heterocycles. The van der Waals surface area contributed by atoms with Gasteiger partial charge in [-0.3, -0.25) is 9.59 Å². The van der Waals surface area contributed by atoms with Crippen LogP contribution in [-0.4, -0.2) is 34.9 Å². The molecule has 1 heterocycles. The summed E-state index contributed by atoms with van der Waals surface area (Å²) in [6, 6.07) is 5.41. The lowest BCUT2D eigenvalue weighted by Gasteiger charge is -2.13. The van der Waals surface area contributed by atoms with Gasteiger partial charge in [0.2, 0.25) is 11.8 Å². The van der Waals surface area contributed by atoms with Crippen molar-refractivity contribution in [3.8, 4) is 17.4 Å². The highest BCUT2D eigenvalue weighted by Gasteiger charge is 2.15. The molecule has 0 aliphatic rings. The topological polar surface area (TPSA) is 116 Å². The van der Waals surface area contributed by atoms with Gasteiger partial charge in [-0.25, -0.2) is 9.97 Å². The Morgan fingerprint density at radius 2 is 2.04 bits per heavy atom. The van der Waals surface area contributed by atoms with E-state index in [9.17, 15) is 9.59 Å². The molecule has 0 fully saturated rings. The molecular weight excluding hydrogens is 336 g/mol. The van der Waals surface area contributed by atoms with Crippen molar-refractivity contribution in [1.82, 2.24) is 15.3 Å². The number of primary amides is 1. The van der Waals surface area contributed by atoms with Crippen LogP contribution in [0.15, 0.2) is 30.7 Å². The molecule has 0 bridgehead atoms. The van der Waals surface area contributed by atoms with Crippen LogP contribution in [0.2, 0.25) is 0 Å². The van der Waals surface area contributed by atoms with Crippen LogP contribution in [-0.2, 0) is 11.2 Å². The first kappa shape index (κ1) is 19.2. The minimum atomic E-state index is -0.688. The van der Waals surface area contributed by atoms with E-state index >= 15 is 0 Å². The van der Waals surface area contributed by atoms with Crippen molar-refractivity contribution in [1.29, 1.82) is 0 Å².